The van der Waals surface area contributed by atoms with Crippen LogP contribution in [0.1, 0.15) is 31.2 Å². The highest BCUT2D eigenvalue weighted by Gasteiger charge is 2.26. The number of rotatable bonds is 4. The molecule has 1 atom stereocenters. The van der Waals surface area contributed by atoms with Crippen LogP contribution < -0.4 is 0 Å². The van der Waals surface area contributed by atoms with Crippen molar-refractivity contribution in [2.45, 2.75) is 26.7 Å². The average molecular weight is 258 g/mol. The summed E-state index contributed by atoms with van der Waals surface area (Å²) in [6.07, 6.45) is 1.70. The molecule has 2 N–H and O–H groups in total. The maximum absolute atomic E-state index is 11.3. The van der Waals surface area contributed by atoms with E-state index in [9.17, 15) is 9.90 Å². The van der Waals surface area contributed by atoms with Gasteiger partial charge in [0.2, 0.25) is 0 Å². The van der Waals surface area contributed by atoms with Crippen molar-refractivity contribution in [3.05, 3.63) is 41.9 Å². The van der Waals surface area contributed by atoms with Crippen LogP contribution in [-0.4, -0.2) is 21.0 Å². The molecule has 0 saturated heterocycles. The molecule has 1 aromatic carbocycles. The van der Waals surface area contributed by atoms with E-state index in [4.69, 9.17) is 0 Å². The second-order valence-electron chi connectivity index (χ2n) is 5.11. The Bertz CT molecular complexity index is 587. The first-order valence-electron chi connectivity index (χ1n) is 6.33. The number of aryl methyl sites for hydroxylation is 1. The summed E-state index contributed by atoms with van der Waals surface area (Å²) in [6.45, 7) is 5.79. The Kier molecular flexibility index (Phi) is 3.69. The van der Waals surface area contributed by atoms with Crippen molar-refractivity contribution in [3.8, 4) is 11.3 Å². The lowest BCUT2D eigenvalue weighted by molar-refractivity contribution is -0.140. The lowest BCUT2D eigenvalue weighted by Gasteiger charge is -2.13. The Hall–Kier alpha value is -2.10. The van der Waals surface area contributed by atoms with Crippen LogP contribution >= 0.6 is 0 Å². The van der Waals surface area contributed by atoms with Crippen LogP contribution in [0.25, 0.3) is 11.3 Å². The van der Waals surface area contributed by atoms with Crippen LogP contribution in [0.5, 0.6) is 0 Å². The third-order valence-electron chi connectivity index (χ3n) is 3.15. The molecule has 1 heterocycles. The van der Waals surface area contributed by atoms with Crippen LogP contribution in [0, 0.1) is 12.8 Å². The molecule has 4 nitrogen and oxygen atoms in total. The third kappa shape index (κ3) is 2.84. The van der Waals surface area contributed by atoms with Crippen molar-refractivity contribution in [2.24, 2.45) is 5.92 Å². The van der Waals surface area contributed by atoms with Crippen LogP contribution in [0.2, 0.25) is 0 Å². The second-order valence-corrected chi connectivity index (χ2v) is 5.11. The van der Waals surface area contributed by atoms with Gasteiger partial charge in [0.1, 0.15) is 11.7 Å². The molecule has 0 aliphatic rings. The quantitative estimate of drug-likeness (QED) is 0.885. The van der Waals surface area contributed by atoms with Gasteiger partial charge in [0.15, 0.2) is 0 Å². The lowest BCUT2D eigenvalue weighted by Crippen LogP contribution is -2.18. The van der Waals surface area contributed by atoms with E-state index >= 15 is 0 Å². The highest BCUT2D eigenvalue weighted by molar-refractivity contribution is 5.75. The monoisotopic (exact) mass is 258 g/mol. The van der Waals surface area contributed by atoms with Gasteiger partial charge in [-0.3, -0.25) is 4.79 Å². The summed E-state index contributed by atoms with van der Waals surface area (Å²) in [5, 5.41) is 9.26. The molecular weight excluding hydrogens is 240 g/mol. The number of carboxylic acid groups (broad SMARTS) is 1. The van der Waals surface area contributed by atoms with Crippen LogP contribution in [0.3, 0.4) is 0 Å². The number of imidazole rings is 1. The van der Waals surface area contributed by atoms with Crippen molar-refractivity contribution in [2.75, 3.05) is 0 Å². The number of aromatic nitrogens is 2. The SMILES string of the molecule is Cc1cccc(-c2cnc(C(C(=O)O)C(C)C)[nH]2)c1. The minimum Gasteiger partial charge on any atom is -0.481 e. The van der Waals surface area contributed by atoms with Crippen LogP contribution in [-0.2, 0) is 4.79 Å². The van der Waals surface area contributed by atoms with Crippen LogP contribution in [0.15, 0.2) is 30.5 Å². The lowest BCUT2D eigenvalue weighted by atomic mass is 9.95. The third-order valence-corrected chi connectivity index (χ3v) is 3.15. The molecule has 2 aromatic rings. The van der Waals surface area contributed by atoms with E-state index in [0.717, 1.165) is 16.8 Å². The zero-order chi connectivity index (χ0) is 14.0. The molecule has 0 saturated carbocycles. The van der Waals surface area contributed by atoms with Gasteiger partial charge < -0.3 is 10.1 Å². The molecule has 19 heavy (non-hydrogen) atoms. The molecule has 1 unspecified atom stereocenters. The van der Waals surface area contributed by atoms with Gasteiger partial charge in [0.25, 0.3) is 0 Å². The zero-order valence-corrected chi connectivity index (χ0v) is 11.3. The first-order chi connectivity index (χ1) is 8.99. The summed E-state index contributed by atoms with van der Waals surface area (Å²) in [4.78, 5) is 18.6. The van der Waals surface area contributed by atoms with E-state index in [0.29, 0.717) is 5.82 Å². The van der Waals surface area contributed by atoms with Crippen LogP contribution in [0.4, 0.5) is 0 Å². The maximum atomic E-state index is 11.3. The molecule has 4 heteroatoms. The van der Waals surface area contributed by atoms with E-state index in [2.05, 4.69) is 9.97 Å². The molecule has 0 amide bonds. The number of H-pyrrole nitrogens is 1. The van der Waals surface area contributed by atoms with Gasteiger partial charge in [-0.15, -0.1) is 0 Å². The largest absolute Gasteiger partial charge is 0.481 e. The van der Waals surface area contributed by atoms with Gasteiger partial charge in [-0.25, -0.2) is 4.98 Å². The molecule has 0 bridgehead atoms. The zero-order valence-electron chi connectivity index (χ0n) is 11.3. The Morgan fingerprint density at radius 2 is 2.11 bits per heavy atom. The van der Waals surface area contributed by atoms with Gasteiger partial charge in [-0.2, -0.15) is 0 Å². The first kappa shape index (κ1) is 13.3. The van der Waals surface area contributed by atoms with E-state index < -0.39 is 11.9 Å². The Balaban J connectivity index is 2.35. The smallest absolute Gasteiger partial charge is 0.314 e. The fourth-order valence-electron chi connectivity index (χ4n) is 2.17. The van der Waals surface area contributed by atoms with E-state index in [-0.39, 0.29) is 5.92 Å². The summed E-state index contributed by atoms with van der Waals surface area (Å²) in [6, 6.07) is 8.02. The van der Waals surface area contributed by atoms with Crippen molar-refractivity contribution in [1.29, 1.82) is 0 Å². The summed E-state index contributed by atoms with van der Waals surface area (Å²) in [5.41, 5.74) is 3.03. The Morgan fingerprint density at radius 1 is 1.37 bits per heavy atom. The number of hydrogen-bond acceptors (Lipinski definition) is 2. The minimum absolute atomic E-state index is 0.00555. The van der Waals surface area contributed by atoms with Crippen molar-refractivity contribution in [3.63, 3.8) is 0 Å². The molecule has 1 aromatic heterocycles. The highest BCUT2D eigenvalue weighted by Crippen LogP contribution is 2.25. The van der Waals surface area contributed by atoms with Gasteiger partial charge in [0.05, 0.1) is 11.9 Å². The number of nitrogens with zero attached hydrogens (tertiary/aromatic N) is 1. The number of benzene rings is 1. The number of hydrogen-bond donors (Lipinski definition) is 2. The van der Waals surface area contributed by atoms with Gasteiger partial charge >= 0.3 is 5.97 Å². The van der Waals surface area contributed by atoms with E-state index in [1.165, 1.54) is 0 Å². The van der Waals surface area contributed by atoms with E-state index in [1.807, 2.05) is 45.0 Å². The fourth-order valence-corrected chi connectivity index (χ4v) is 2.17. The predicted molar refractivity (Wildman–Crippen MR) is 74.0 cm³/mol. The summed E-state index contributed by atoms with van der Waals surface area (Å²) in [7, 11) is 0. The maximum Gasteiger partial charge on any atom is 0.314 e. The molecule has 100 valence electrons. The summed E-state index contributed by atoms with van der Waals surface area (Å²) >= 11 is 0. The highest BCUT2D eigenvalue weighted by atomic mass is 16.4. The number of aromatic amines is 1. The van der Waals surface area contributed by atoms with Gasteiger partial charge in [-0.05, 0) is 24.5 Å². The van der Waals surface area contributed by atoms with Crippen molar-refractivity contribution < 1.29 is 9.90 Å². The number of nitrogens with one attached hydrogen (secondary N) is 1. The normalized spacial score (nSPS) is 12.6. The Morgan fingerprint density at radius 3 is 2.68 bits per heavy atom. The van der Waals surface area contributed by atoms with Crippen molar-refractivity contribution in [1.82, 2.24) is 9.97 Å². The summed E-state index contributed by atoms with van der Waals surface area (Å²) < 4.78 is 0. The molecular formula is C15H18N2O2. The molecule has 0 fully saturated rings. The topological polar surface area (TPSA) is 66.0 Å². The van der Waals surface area contributed by atoms with E-state index in [1.54, 1.807) is 6.20 Å². The van der Waals surface area contributed by atoms with Crippen molar-refractivity contribution >= 4 is 5.97 Å². The standard InChI is InChI=1S/C15H18N2O2/c1-9(2)13(15(18)19)14-16-8-12(17-14)11-6-4-5-10(3)7-11/h4-9,13H,1-3H3,(H,16,17)(H,18,19). The predicted octanol–water partition coefficient (Wildman–Crippen LogP) is 3.21. The number of aliphatic carboxylic acids is 1. The fraction of sp³-hybridized carbons (Fsp3) is 0.333. The molecule has 0 aliphatic carbocycles. The average Bonchev–Trinajstić information content (AvgIpc) is 2.77. The number of carbonyl (C=O) groups is 1. The Labute approximate surface area is 112 Å². The molecule has 2 rings (SSSR count). The molecule has 0 radical (unpaired) electrons. The molecule has 0 spiro atoms. The minimum atomic E-state index is -0.847. The molecule has 0 aliphatic heterocycles. The summed E-state index contributed by atoms with van der Waals surface area (Å²) in [5.74, 6) is -0.938. The van der Waals surface area contributed by atoms with Gasteiger partial charge in [-0.1, -0.05) is 37.6 Å². The first-order valence-corrected chi connectivity index (χ1v) is 6.33. The second kappa shape index (κ2) is 5.26. The van der Waals surface area contributed by atoms with Gasteiger partial charge in [0, 0.05) is 0 Å². The number of carboxylic acids is 1.